The van der Waals surface area contributed by atoms with Crippen LogP contribution in [0, 0.1) is 0 Å². The average molecular weight is 239 g/mol. The van der Waals surface area contributed by atoms with E-state index in [-0.39, 0.29) is 36.9 Å². The van der Waals surface area contributed by atoms with Gasteiger partial charge in [0.1, 0.15) is 0 Å². The number of rotatable bonds is 3. The van der Waals surface area contributed by atoms with E-state index < -0.39 is 0 Å². The number of aliphatic hydroxyl groups excluding tert-OH is 3. The first-order valence-electron chi connectivity index (χ1n) is 3.67. The van der Waals surface area contributed by atoms with Gasteiger partial charge in [0, 0.05) is 36.7 Å². The molecule has 0 aliphatic rings. The van der Waals surface area contributed by atoms with Gasteiger partial charge in [-0.2, -0.15) is 0 Å². The quantitative estimate of drug-likeness (QED) is 0.287. The van der Waals surface area contributed by atoms with Gasteiger partial charge in [-0.1, -0.05) is 0 Å². The SMILES string of the molecule is NCCO.NCCO.NCCO.[Fe]. The normalized spacial score (nSPS) is 6.92. The van der Waals surface area contributed by atoms with Crippen molar-refractivity contribution in [2.75, 3.05) is 39.5 Å². The molecular formula is C6H21FeN3O3. The molecular weight excluding hydrogens is 218 g/mol. The van der Waals surface area contributed by atoms with Gasteiger partial charge < -0.3 is 32.5 Å². The van der Waals surface area contributed by atoms with Crippen LogP contribution in [-0.4, -0.2) is 54.8 Å². The van der Waals surface area contributed by atoms with Crippen LogP contribution >= 0.6 is 0 Å². The summed E-state index contributed by atoms with van der Waals surface area (Å²) >= 11 is 0. The van der Waals surface area contributed by atoms with Gasteiger partial charge in [-0.3, -0.25) is 0 Å². The third-order valence-electron chi connectivity index (χ3n) is 0.387. The van der Waals surface area contributed by atoms with Crippen LogP contribution in [-0.2, 0) is 17.1 Å². The minimum atomic E-state index is 0. The molecule has 0 heterocycles. The molecule has 0 saturated heterocycles. The van der Waals surface area contributed by atoms with E-state index in [4.69, 9.17) is 32.5 Å². The van der Waals surface area contributed by atoms with Gasteiger partial charge in [-0.15, -0.1) is 0 Å². The van der Waals surface area contributed by atoms with E-state index in [1.54, 1.807) is 0 Å². The Balaban J connectivity index is -0.0000000450. The van der Waals surface area contributed by atoms with Crippen molar-refractivity contribution < 1.29 is 32.4 Å². The topological polar surface area (TPSA) is 139 Å². The first-order valence-corrected chi connectivity index (χ1v) is 3.67. The first kappa shape index (κ1) is 23.3. The van der Waals surface area contributed by atoms with Crippen LogP contribution < -0.4 is 17.2 Å². The molecule has 0 aromatic rings. The standard InChI is InChI=1S/3C2H7NO.Fe/c3*3-1-2-4;/h3*4H,1-3H2;. The van der Waals surface area contributed by atoms with Crippen LogP contribution in [0.3, 0.4) is 0 Å². The Hall–Kier alpha value is 0.279. The molecule has 0 aliphatic carbocycles. The van der Waals surface area contributed by atoms with Crippen molar-refractivity contribution in [2.24, 2.45) is 17.2 Å². The fraction of sp³-hybridized carbons (Fsp3) is 1.00. The maximum atomic E-state index is 7.75. The minimum Gasteiger partial charge on any atom is -0.395 e. The van der Waals surface area contributed by atoms with Crippen LogP contribution in [0.25, 0.3) is 0 Å². The fourth-order valence-electron chi connectivity index (χ4n) is 0. The smallest absolute Gasteiger partial charge is 0.0553 e. The van der Waals surface area contributed by atoms with Gasteiger partial charge in [0.15, 0.2) is 0 Å². The molecule has 6 nitrogen and oxygen atoms in total. The second kappa shape index (κ2) is 39.6. The van der Waals surface area contributed by atoms with Crippen molar-refractivity contribution in [3.05, 3.63) is 0 Å². The Bertz CT molecular complexity index is 38.6. The van der Waals surface area contributed by atoms with Gasteiger partial charge >= 0.3 is 0 Å². The molecule has 13 heavy (non-hydrogen) atoms. The van der Waals surface area contributed by atoms with Crippen LogP contribution in [0.4, 0.5) is 0 Å². The molecule has 9 N–H and O–H groups in total. The third-order valence-corrected chi connectivity index (χ3v) is 0.387. The van der Waals surface area contributed by atoms with E-state index in [1.807, 2.05) is 0 Å². The van der Waals surface area contributed by atoms with E-state index >= 15 is 0 Å². The predicted molar refractivity (Wildman–Crippen MR) is 48.4 cm³/mol. The summed E-state index contributed by atoms with van der Waals surface area (Å²) in [5.41, 5.74) is 14.3. The Morgan fingerprint density at radius 2 is 0.692 bits per heavy atom. The summed E-state index contributed by atoms with van der Waals surface area (Å²) in [5, 5.41) is 23.2. The second-order valence-corrected chi connectivity index (χ2v) is 1.54. The van der Waals surface area contributed by atoms with E-state index in [9.17, 15) is 0 Å². The molecule has 7 heteroatoms. The molecule has 0 aliphatic heterocycles. The number of nitrogens with two attached hydrogens (primary N) is 3. The van der Waals surface area contributed by atoms with E-state index in [2.05, 4.69) is 0 Å². The molecule has 0 radical (unpaired) electrons. The largest absolute Gasteiger partial charge is 0.395 e. The summed E-state index contributed by atoms with van der Waals surface area (Å²) in [5.74, 6) is 0. The Morgan fingerprint density at radius 3 is 0.692 bits per heavy atom. The molecule has 0 amide bonds. The van der Waals surface area contributed by atoms with Crippen molar-refractivity contribution in [2.45, 2.75) is 0 Å². The number of aliphatic hydroxyl groups is 3. The molecule has 0 bridgehead atoms. The van der Waals surface area contributed by atoms with Crippen LogP contribution in [0.2, 0.25) is 0 Å². The molecule has 0 spiro atoms. The van der Waals surface area contributed by atoms with Crippen molar-refractivity contribution in [1.82, 2.24) is 0 Å². The summed E-state index contributed by atoms with van der Waals surface area (Å²) in [4.78, 5) is 0. The average Bonchev–Trinajstić information content (AvgIpc) is 2.18. The summed E-state index contributed by atoms with van der Waals surface area (Å²) in [6.45, 7) is 1.42. The van der Waals surface area contributed by atoms with Crippen molar-refractivity contribution >= 4 is 0 Å². The van der Waals surface area contributed by atoms with Gasteiger partial charge in [0.2, 0.25) is 0 Å². The van der Waals surface area contributed by atoms with Crippen LogP contribution in [0.5, 0.6) is 0 Å². The maximum Gasteiger partial charge on any atom is 0.0553 e. The number of hydrogen-bond acceptors (Lipinski definition) is 6. The maximum absolute atomic E-state index is 7.75. The second-order valence-electron chi connectivity index (χ2n) is 1.54. The number of hydrogen-bond donors (Lipinski definition) is 6. The van der Waals surface area contributed by atoms with Gasteiger partial charge in [0.25, 0.3) is 0 Å². The van der Waals surface area contributed by atoms with Crippen molar-refractivity contribution in [3.8, 4) is 0 Å². The van der Waals surface area contributed by atoms with E-state index in [1.165, 1.54) is 0 Å². The summed E-state index contributed by atoms with van der Waals surface area (Å²) in [6, 6.07) is 0. The summed E-state index contributed by atoms with van der Waals surface area (Å²) < 4.78 is 0. The molecule has 0 aromatic carbocycles. The zero-order valence-corrected chi connectivity index (χ0v) is 8.77. The van der Waals surface area contributed by atoms with Crippen molar-refractivity contribution in [3.63, 3.8) is 0 Å². The summed E-state index contributed by atoms with van der Waals surface area (Å²) in [6.07, 6.45) is 0. The first-order chi connectivity index (χ1) is 5.74. The molecule has 0 atom stereocenters. The molecule has 0 aromatic heterocycles. The third kappa shape index (κ3) is 121. The van der Waals surface area contributed by atoms with Crippen LogP contribution in [0.15, 0.2) is 0 Å². The Labute approximate surface area is 89.6 Å². The Kier molecular flexibility index (Phi) is 70.9. The van der Waals surface area contributed by atoms with E-state index in [0.29, 0.717) is 19.6 Å². The molecule has 0 unspecified atom stereocenters. The molecule has 0 fully saturated rings. The fourth-order valence-corrected chi connectivity index (χ4v) is 0. The molecule has 0 saturated carbocycles. The van der Waals surface area contributed by atoms with Gasteiger partial charge in [-0.05, 0) is 0 Å². The monoisotopic (exact) mass is 239 g/mol. The zero-order chi connectivity index (χ0) is 10.2. The molecule has 0 rings (SSSR count). The van der Waals surface area contributed by atoms with Crippen molar-refractivity contribution in [1.29, 1.82) is 0 Å². The molecule has 86 valence electrons. The summed E-state index contributed by atoms with van der Waals surface area (Å²) in [7, 11) is 0. The van der Waals surface area contributed by atoms with E-state index in [0.717, 1.165) is 0 Å². The van der Waals surface area contributed by atoms with Gasteiger partial charge in [0.05, 0.1) is 19.8 Å². The van der Waals surface area contributed by atoms with Crippen LogP contribution in [0.1, 0.15) is 0 Å². The van der Waals surface area contributed by atoms with Gasteiger partial charge in [-0.25, -0.2) is 0 Å². The predicted octanol–water partition coefficient (Wildman–Crippen LogP) is -3.19. The zero-order valence-electron chi connectivity index (χ0n) is 7.67. The minimum absolute atomic E-state index is 0. The Morgan fingerprint density at radius 1 is 0.615 bits per heavy atom.